The molecule has 0 amide bonds. The highest BCUT2D eigenvalue weighted by atomic mass is 14.8. The van der Waals surface area contributed by atoms with Gasteiger partial charge in [-0.15, -0.1) is 0 Å². The van der Waals surface area contributed by atoms with Crippen LogP contribution >= 0.6 is 0 Å². The zero-order chi connectivity index (χ0) is 20.6. The fourth-order valence-electron chi connectivity index (χ4n) is 4.47. The van der Waals surface area contributed by atoms with Crippen LogP contribution in [0, 0.1) is 0 Å². The van der Waals surface area contributed by atoms with E-state index in [2.05, 4.69) is 126 Å². The second-order valence-electron chi connectivity index (χ2n) is 7.81. The number of aromatic nitrogens is 1. The van der Waals surface area contributed by atoms with E-state index < -0.39 is 0 Å². The molecule has 0 saturated carbocycles. The van der Waals surface area contributed by atoms with Crippen LogP contribution in [0.25, 0.3) is 33.2 Å². The highest BCUT2D eigenvalue weighted by Gasteiger charge is 2.24. The van der Waals surface area contributed by atoms with Crippen molar-refractivity contribution >= 4 is 34.0 Å². The van der Waals surface area contributed by atoms with Gasteiger partial charge in [0, 0.05) is 34.3 Å². The van der Waals surface area contributed by atoms with E-state index in [1.54, 1.807) is 0 Å². The van der Waals surface area contributed by atoms with Crippen molar-refractivity contribution in [2.45, 2.75) is 0 Å². The number of para-hydroxylation sites is 2. The molecule has 0 saturated heterocycles. The predicted octanol–water partition coefficient (Wildman–Crippen LogP) is 5.59. The van der Waals surface area contributed by atoms with E-state index in [1.807, 2.05) is 0 Å². The quantitative estimate of drug-likeness (QED) is 0.397. The van der Waals surface area contributed by atoms with Crippen LogP contribution in [0.2, 0.25) is 0 Å². The van der Waals surface area contributed by atoms with Crippen LogP contribution in [0.4, 0.5) is 5.69 Å². The van der Waals surface area contributed by atoms with Crippen LogP contribution in [0.5, 0.6) is 0 Å². The summed E-state index contributed by atoms with van der Waals surface area (Å²) in [5, 5.41) is 1.23. The SMILES string of the molecule is C1=[NH+]c2ccccc2C1=C(c1ccc(-c2ccccc2)cc1)c1c[nH]c2ccccc12. The zero-order valence-corrected chi connectivity index (χ0v) is 17.0. The smallest absolute Gasteiger partial charge is 0.211 e. The number of hydrogen-bond acceptors (Lipinski definition) is 0. The molecule has 31 heavy (non-hydrogen) atoms. The number of benzene rings is 4. The summed E-state index contributed by atoms with van der Waals surface area (Å²) < 4.78 is 0. The molecule has 0 spiro atoms. The van der Waals surface area contributed by atoms with Crippen LogP contribution in [0.1, 0.15) is 16.7 Å². The van der Waals surface area contributed by atoms with Crippen LogP contribution in [-0.2, 0) is 0 Å². The first kappa shape index (κ1) is 17.7. The van der Waals surface area contributed by atoms with Gasteiger partial charge in [-0.2, -0.15) is 0 Å². The lowest BCUT2D eigenvalue weighted by Crippen LogP contribution is -2.58. The fourth-order valence-corrected chi connectivity index (χ4v) is 4.47. The lowest BCUT2D eigenvalue weighted by Gasteiger charge is -2.11. The normalized spacial score (nSPS) is 14.1. The summed E-state index contributed by atoms with van der Waals surface area (Å²) in [6.45, 7) is 0. The van der Waals surface area contributed by atoms with E-state index in [9.17, 15) is 0 Å². The second kappa shape index (κ2) is 7.26. The molecule has 2 N–H and O–H groups in total. The Hall–Kier alpha value is -4.17. The lowest BCUT2D eigenvalue weighted by atomic mass is 9.89. The van der Waals surface area contributed by atoms with Gasteiger partial charge in [-0.05, 0) is 28.8 Å². The monoisotopic (exact) mass is 397 g/mol. The van der Waals surface area contributed by atoms with Crippen molar-refractivity contribution in [1.29, 1.82) is 0 Å². The predicted molar refractivity (Wildman–Crippen MR) is 129 cm³/mol. The van der Waals surface area contributed by atoms with Gasteiger partial charge in [0.2, 0.25) is 5.69 Å². The van der Waals surface area contributed by atoms with Crippen molar-refractivity contribution in [3.63, 3.8) is 0 Å². The highest BCUT2D eigenvalue weighted by Crippen LogP contribution is 2.38. The number of H-pyrrole nitrogens is 1. The van der Waals surface area contributed by atoms with Gasteiger partial charge in [-0.25, -0.2) is 4.99 Å². The average molecular weight is 398 g/mol. The lowest BCUT2D eigenvalue weighted by molar-refractivity contribution is -0.342. The molecular formula is C29H21N2+. The van der Waals surface area contributed by atoms with Crippen molar-refractivity contribution in [2.24, 2.45) is 0 Å². The Labute approximate surface area is 181 Å². The maximum atomic E-state index is 3.45. The van der Waals surface area contributed by atoms with E-state index in [0.29, 0.717) is 0 Å². The van der Waals surface area contributed by atoms with Gasteiger partial charge in [-0.3, -0.25) is 0 Å². The van der Waals surface area contributed by atoms with Crippen molar-refractivity contribution in [3.05, 3.63) is 126 Å². The maximum absolute atomic E-state index is 3.45. The van der Waals surface area contributed by atoms with Gasteiger partial charge in [-0.1, -0.05) is 84.9 Å². The number of nitrogens with one attached hydrogen (secondary N) is 2. The van der Waals surface area contributed by atoms with Gasteiger partial charge in [0.05, 0.1) is 11.1 Å². The summed E-state index contributed by atoms with van der Waals surface area (Å²) in [6.07, 6.45) is 4.26. The minimum Gasteiger partial charge on any atom is -0.361 e. The van der Waals surface area contributed by atoms with Crippen molar-refractivity contribution < 1.29 is 4.99 Å². The Morgan fingerprint density at radius 3 is 2.23 bits per heavy atom. The third kappa shape index (κ3) is 3.01. The van der Waals surface area contributed by atoms with E-state index in [1.165, 1.54) is 44.3 Å². The minimum atomic E-state index is 1.15. The summed E-state index contributed by atoms with van der Waals surface area (Å²) in [5.74, 6) is 0. The van der Waals surface area contributed by atoms with E-state index in [4.69, 9.17) is 0 Å². The molecule has 2 heterocycles. The van der Waals surface area contributed by atoms with Crippen LogP contribution in [-0.4, -0.2) is 11.2 Å². The molecule has 6 rings (SSSR count). The Morgan fingerprint density at radius 2 is 1.35 bits per heavy atom. The molecule has 0 radical (unpaired) electrons. The molecular weight excluding hydrogens is 376 g/mol. The number of fused-ring (bicyclic) bond motifs is 2. The number of hydrogen-bond donors (Lipinski definition) is 2. The first-order chi connectivity index (χ1) is 15.4. The molecule has 1 aromatic heterocycles. The first-order valence-corrected chi connectivity index (χ1v) is 10.5. The molecule has 0 unspecified atom stereocenters. The molecule has 0 aliphatic carbocycles. The summed E-state index contributed by atoms with van der Waals surface area (Å²) >= 11 is 0. The van der Waals surface area contributed by atoms with Crippen LogP contribution in [0.3, 0.4) is 0 Å². The summed E-state index contributed by atoms with van der Waals surface area (Å²) in [5.41, 5.74) is 10.8. The van der Waals surface area contributed by atoms with Crippen molar-refractivity contribution in [2.75, 3.05) is 0 Å². The third-order valence-electron chi connectivity index (χ3n) is 6.00. The topological polar surface area (TPSA) is 29.8 Å². The summed E-state index contributed by atoms with van der Waals surface area (Å²) in [7, 11) is 0. The van der Waals surface area contributed by atoms with Crippen molar-refractivity contribution in [1.82, 2.24) is 4.98 Å². The molecule has 2 nitrogen and oxygen atoms in total. The van der Waals surface area contributed by atoms with Gasteiger partial charge in [0.15, 0.2) is 6.21 Å². The molecule has 0 fully saturated rings. The van der Waals surface area contributed by atoms with Gasteiger partial charge in [0.1, 0.15) is 0 Å². The maximum Gasteiger partial charge on any atom is 0.211 e. The molecule has 2 heteroatoms. The molecule has 5 aromatic rings. The van der Waals surface area contributed by atoms with E-state index >= 15 is 0 Å². The highest BCUT2D eigenvalue weighted by molar-refractivity contribution is 6.24. The fraction of sp³-hybridized carbons (Fsp3) is 0. The average Bonchev–Trinajstić information content (AvgIpc) is 3.46. The number of aromatic amines is 1. The Balaban J connectivity index is 1.58. The van der Waals surface area contributed by atoms with Gasteiger partial charge < -0.3 is 4.98 Å². The molecule has 1 aliphatic heterocycles. The van der Waals surface area contributed by atoms with Crippen LogP contribution < -0.4 is 4.99 Å². The number of allylic oxidation sites excluding steroid dienone is 1. The molecule has 146 valence electrons. The van der Waals surface area contributed by atoms with E-state index in [-0.39, 0.29) is 0 Å². The van der Waals surface area contributed by atoms with Crippen LogP contribution in [0.15, 0.2) is 109 Å². The Bertz CT molecular complexity index is 1450. The Morgan fingerprint density at radius 1 is 0.645 bits per heavy atom. The standard InChI is InChI=1S/C29H20N2/c1-2-8-20(9-3-1)21-14-16-22(17-15-21)29(25-18-30-27-12-6-4-10-23(25)27)26-19-31-28-13-7-5-11-24(26)28/h1-19,30H/p+1. The third-order valence-corrected chi connectivity index (χ3v) is 6.00. The summed E-state index contributed by atoms with van der Waals surface area (Å²) in [4.78, 5) is 6.91. The Kier molecular flexibility index (Phi) is 4.14. The minimum absolute atomic E-state index is 1.15. The van der Waals surface area contributed by atoms with E-state index in [0.717, 1.165) is 11.2 Å². The van der Waals surface area contributed by atoms with Gasteiger partial charge in [0.25, 0.3) is 0 Å². The molecule has 4 aromatic carbocycles. The van der Waals surface area contributed by atoms with Gasteiger partial charge >= 0.3 is 0 Å². The molecule has 0 bridgehead atoms. The summed E-state index contributed by atoms with van der Waals surface area (Å²) in [6, 6.07) is 36.4. The zero-order valence-electron chi connectivity index (χ0n) is 17.0. The molecule has 1 aliphatic rings. The van der Waals surface area contributed by atoms with Crippen molar-refractivity contribution in [3.8, 4) is 11.1 Å². The largest absolute Gasteiger partial charge is 0.361 e. The first-order valence-electron chi connectivity index (χ1n) is 10.5. The number of rotatable bonds is 3. The molecule has 0 atom stereocenters. The second-order valence-corrected chi connectivity index (χ2v) is 7.81.